The molecule has 1 fully saturated rings. The lowest BCUT2D eigenvalue weighted by Gasteiger charge is -2.27. The van der Waals surface area contributed by atoms with E-state index in [1.165, 1.54) is 28.9 Å². The van der Waals surface area contributed by atoms with Crippen molar-refractivity contribution in [3.8, 4) is 0 Å². The number of amides is 1. The van der Waals surface area contributed by atoms with E-state index in [-0.39, 0.29) is 22.9 Å². The van der Waals surface area contributed by atoms with Crippen molar-refractivity contribution < 1.29 is 24.9 Å². The normalized spacial score (nSPS) is 29.3. The number of carbonyl (C=O) groups is 1. The lowest BCUT2D eigenvalue weighted by Crippen LogP contribution is -2.44. The monoisotopic (exact) mass is 351 g/mol. The molecular formula is C15H21N5O5. The van der Waals surface area contributed by atoms with E-state index in [9.17, 15) is 20.1 Å². The molecule has 1 aliphatic rings. The summed E-state index contributed by atoms with van der Waals surface area (Å²) in [5, 5.41) is 30.6. The van der Waals surface area contributed by atoms with Crippen LogP contribution in [0.3, 0.4) is 0 Å². The molecule has 136 valence electrons. The molecule has 5 N–H and O–H groups in total. The molecule has 1 saturated heterocycles. The molecule has 10 nitrogen and oxygen atoms in total. The third-order valence-corrected chi connectivity index (χ3v) is 4.46. The number of nitrogens with two attached hydrogens (primary N) is 1. The van der Waals surface area contributed by atoms with Crippen molar-refractivity contribution in [1.29, 1.82) is 0 Å². The van der Waals surface area contributed by atoms with Gasteiger partial charge < -0.3 is 35.3 Å². The van der Waals surface area contributed by atoms with Crippen molar-refractivity contribution in [3.05, 3.63) is 18.1 Å². The number of anilines is 1. The molecule has 0 spiro atoms. The highest BCUT2D eigenvalue weighted by molar-refractivity contribution is 6.09. The fourth-order valence-corrected chi connectivity index (χ4v) is 3.08. The number of aliphatic hydroxyl groups excluding tert-OH is 2. The summed E-state index contributed by atoms with van der Waals surface area (Å²) in [6.07, 6.45) is -0.650. The predicted molar refractivity (Wildman–Crippen MR) is 87.6 cm³/mol. The molecule has 25 heavy (non-hydrogen) atoms. The van der Waals surface area contributed by atoms with Crippen LogP contribution in [-0.4, -0.2) is 79.2 Å². The summed E-state index contributed by atoms with van der Waals surface area (Å²) < 4.78 is 7.05. The molecule has 2 aromatic heterocycles. The quantitative estimate of drug-likeness (QED) is 0.534. The van der Waals surface area contributed by atoms with E-state index in [0.717, 1.165) is 0 Å². The van der Waals surface area contributed by atoms with Gasteiger partial charge in [0.1, 0.15) is 35.6 Å². The largest absolute Gasteiger partial charge is 0.394 e. The Labute approximate surface area is 143 Å². The van der Waals surface area contributed by atoms with Crippen LogP contribution >= 0.6 is 0 Å². The maximum Gasteiger partial charge on any atom is 0.255 e. The second kappa shape index (κ2) is 5.92. The number of rotatable bonds is 3. The molecule has 1 amide bonds. The van der Waals surface area contributed by atoms with Crippen LogP contribution in [0.2, 0.25) is 0 Å². The zero-order chi connectivity index (χ0) is 18.5. The second-order valence-corrected chi connectivity index (χ2v) is 6.49. The fraction of sp³-hybridized carbons (Fsp3) is 0.533. The van der Waals surface area contributed by atoms with Gasteiger partial charge in [-0.15, -0.1) is 0 Å². The van der Waals surface area contributed by atoms with Gasteiger partial charge in [0, 0.05) is 20.3 Å². The molecular weight excluding hydrogens is 330 g/mol. The maximum absolute atomic E-state index is 12.5. The average molecular weight is 351 g/mol. The summed E-state index contributed by atoms with van der Waals surface area (Å²) >= 11 is 0. The van der Waals surface area contributed by atoms with E-state index in [0.29, 0.717) is 5.39 Å². The first kappa shape index (κ1) is 17.5. The molecule has 0 aliphatic carbocycles. The zero-order valence-corrected chi connectivity index (χ0v) is 14.1. The Morgan fingerprint density at radius 3 is 2.72 bits per heavy atom. The van der Waals surface area contributed by atoms with Crippen LogP contribution in [0.1, 0.15) is 23.5 Å². The Kier molecular flexibility index (Phi) is 4.15. The number of aromatic nitrogens is 3. The number of hydrogen-bond acceptors (Lipinski definition) is 8. The van der Waals surface area contributed by atoms with Gasteiger partial charge in [0.2, 0.25) is 0 Å². The molecule has 3 rings (SSSR count). The third kappa shape index (κ3) is 2.54. The second-order valence-electron chi connectivity index (χ2n) is 6.49. The van der Waals surface area contributed by atoms with Crippen LogP contribution in [-0.2, 0) is 4.74 Å². The van der Waals surface area contributed by atoms with E-state index in [4.69, 9.17) is 10.5 Å². The molecule has 2 aromatic rings. The van der Waals surface area contributed by atoms with Crippen molar-refractivity contribution in [3.63, 3.8) is 0 Å². The van der Waals surface area contributed by atoms with Crippen LogP contribution in [0.25, 0.3) is 11.0 Å². The Balaban J connectivity index is 2.21. The van der Waals surface area contributed by atoms with Crippen molar-refractivity contribution in [1.82, 2.24) is 19.4 Å². The molecule has 10 heteroatoms. The third-order valence-electron chi connectivity index (χ3n) is 4.46. The first-order valence-corrected chi connectivity index (χ1v) is 7.69. The van der Waals surface area contributed by atoms with Gasteiger partial charge >= 0.3 is 0 Å². The molecule has 4 atom stereocenters. The highest BCUT2D eigenvalue weighted by Gasteiger charge is 2.53. The number of aliphatic hydroxyl groups is 3. The summed E-state index contributed by atoms with van der Waals surface area (Å²) in [4.78, 5) is 22.0. The van der Waals surface area contributed by atoms with Crippen molar-refractivity contribution in [2.75, 3.05) is 26.4 Å². The molecule has 1 aliphatic heterocycles. The number of nitrogen functional groups attached to an aromatic ring is 1. The molecule has 0 radical (unpaired) electrons. The van der Waals surface area contributed by atoms with Crippen molar-refractivity contribution >= 4 is 22.8 Å². The van der Waals surface area contributed by atoms with E-state index in [2.05, 4.69) is 9.97 Å². The maximum atomic E-state index is 12.5. The summed E-state index contributed by atoms with van der Waals surface area (Å²) in [6.45, 7) is 0.926. The number of nitrogens with zero attached hydrogens (tertiary/aromatic N) is 4. The Hall–Kier alpha value is -2.27. The topological polar surface area (TPSA) is 147 Å². The first-order valence-electron chi connectivity index (χ1n) is 7.69. The highest BCUT2D eigenvalue weighted by atomic mass is 16.6. The minimum atomic E-state index is -1.71. The van der Waals surface area contributed by atoms with Crippen molar-refractivity contribution in [2.45, 2.75) is 31.0 Å². The van der Waals surface area contributed by atoms with Gasteiger partial charge in [-0.1, -0.05) is 0 Å². The van der Waals surface area contributed by atoms with Gasteiger partial charge in [-0.25, -0.2) is 9.97 Å². The predicted octanol–water partition coefficient (Wildman–Crippen LogP) is -1.28. The Morgan fingerprint density at radius 2 is 2.16 bits per heavy atom. The number of ether oxygens (including phenoxy) is 1. The minimum Gasteiger partial charge on any atom is -0.394 e. The van der Waals surface area contributed by atoms with E-state index in [1.54, 1.807) is 14.1 Å². The van der Waals surface area contributed by atoms with E-state index in [1.807, 2.05) is 0 Å². The lowest BCUT2D eigenvalue weighted by atomic mass is 9.96. The van der Waals surface area contributed by atoms with Crippen LogP contribution in [0.4, 0.5) is 5.82 Å². The molecule has 3 unspecified atom stereocenters. The number of fused-ring (bicyclic) bond motifs is 1. The Bertz CT molecular complexity index is 818. The summed E-state index contributed by atoms with van der Waals surface area (Å²) in [6, 6.07) is 0. The van der Waals surface area contributed by atoms with Gasteiger partial charge in [-0.2, -0.15) is 0 Å². The average Bonchev–Trinajstić information content (AvgIpc) is 3.04. The van der Waals surface area contributed by atoms with Crippen LogP contribution in [0.5, 0.6) is 0 Å². The molecule has 0 aromatic carbocycles. The van der Waals surface area contributed by atoms with Crippen LogP contribution in [0.15, 0.2) is 12.5 Å². The molecule has 0 bridgehead atoms. The van der Waals surface area contributed by atoms with Crippen LogP contribution in [0, 0.1) is 0 Å². The van der Waals surface area contributed by atoms with Crippen molar-refractivity contribution in [2.24, 2.45) is 0 Å². The highest BCUT2D eigenvalue weighted by Crippen LogP contribution is 2.40. The van der Waals surface area contributed by atoms with Gasteiger partial charge in [-0.3, -0.25) is 4.79 Å². The van der Waals surface area contributed by atoms with Gasteiger partial charge in [0.15, 0.2) is 6.23 Å². The number of hydrogen-bond donors (Lipinski definition) is 4. The summed E-state index contributed by atoms with van der Waals surface area (Å²) in [5.41, 5.74) is 4.75. The summed E-state index contributed by atoms with van der Waals surface area (Å²) in [5.74, 6) is -0.201. The standard InChI is InChI=1S/C15H21N5O5/c1-15(24)10(22)8(5-21)25-14(15)20-4-7(13(23)19(2)3)9-11(16)17-6-18-12(9)20/h4,6,8,10,14,21-22,24H,5H2,1-3H3,(H2,16,17,18)/t8?,10?,14?,15-/m1/s1. The molecule has 3 heterocycles. The summed E-state index contributed by atoms with van der Waals surface area (Å²) in [7, 11) is 3.19. The first-order chi connectivity index (χ1) is 11.7. The van der Waals surface area contributed by atoms with E-state index >= 15 is 0 Å². The van der Waals surface area contributed by atoms with Gasteiger partial charge in [0.25, 0.3) is 5.91 Å². The van der Waals surface area contributed by atoms with Gasteiger partial charge in [-0.05, 0) is 6.92 Å². The van der Waals surface area contributed by atoms with Crippen LogP contribution < -0.4 is 5.73 Å². The molecule has 0 saturated carbocycles. The number of carbonyl (C=O) groups excluding carboxylic acids is 1. The SMILES string of the molecule is CN(C)C(=O)c1cn(C2OC(CO)C(O)[C@@]2(C)O)c2ncnc(N)c12. The lowest BCUT2D eigenvalue weighted by molar-refractivity contribution is -0.0948. The fourth-order valence-electron chi connectivity index (χ4n) is 3.08. The zero-order valence-electron chi connectivity index (χ0n) is 14.1. The minimum absolute atomic E-state index is 0.117. The Morgan fingerprint density at radius 1 is 1.48 bits per heavy atom. The van der Waals surface area contributed by atoms with Gasteiger partial charge in [0.05, 0.1) is 17.6 Å². The smallest absolute Gasteiger partial charge is 0.255 e. The van der Waals surface area contributed by atoms with E-state index < -0.39 is 30.6 Å².